The number of carbonyl (C=O) groups is 1. The second kappa shape index (κ2) is 7.82. The van der Waals surface area contributed by atoms with E-state index < -0.39 is 0 Å². The van der Waals surface area contributed by atoms with E-state index in [1.54, 1.807) is 0 Å². The summed E-state index contributed by atoms with van der Waals surface area (Å²) in [6.45, 7) is 9.40. The topological polar surface area (TPSA) is 26.8 Å². The molecular formula is C19H31N3O. The molecular weight excluding hydrogens is 286 g/mol. The molecule has 1 saturated heterocycles. The molecule has 0 spiro atoms. The van der Waals surface area contributed by atoms with Crippen molar-refractivity contribution in [2.24, 2.45) is 0 Å². The highest BCUT2D eigenvalue weighted by molar-refractivity contribution is 5.79. The summed E-state index contributed by atoms with van der Waals surface area (Å²) >= 11 is 0. The van der Waals surface area contributed by atoms with Gasteiger partial charge in [0, 0.05) is 51.5 Å². The summed E-state index contributed by atoms with van der Waals surface area (Å²) in [5, 5.41) is 0. The highest BCUT2D eigenvalue weighted by atomic mass is 16.2. The van der Waals surface area contributed by atoms with Crippen molar-refractivity contribution in [1.29, 1.82) is 0 Å². The number of hydrogen-bond acceptors (Lipinski definition) is 3. The van der Waals surface area contributed by atoms with Gasteiger partial charge in [0.1, 0.15) is 0 Å². The largest absolute Gasteiger partial charge is 0.378 e. The van der Waals surface area contributed by atoms with Crippen molar-refractivity contribution in [1.82, 2.24) is 9.80 Å². The van der Waals surface area contributed by atoms with Crippen LogP contribution in [0.25, 0.3) is 0 Å². The van der Waals surface area contributed by atoms with E-state index in [1.807, 2.05) is 19.0 Å². The van der Waals surface area contributed by atoms with Crippen LogP contribution in [-0.2, 0) is 11.2 Å². The van der Waals surface area contributed by atoms with E-state index in [1.165, 1.54) is 0 Å². The smallest absolute Gasteiger partial charge is 0.227 e. The lowest BCUT2D eigenvalue weighted by atomic mass is 10.1. The van der Waals surface area contributed by atoms with Gasteiger partial charge in [-0.1, -0.05) is 19.1 Å². The van der Waals surface area contributed by atoms with Crippen LogP contribution in [0, 0.1) is 0 Å². The van der Waals surface area contributed by atoms with E-state index in [0.717, 1.165) is 37.3 Å². The molecule has 2 rings (SSSR count). The Kier molecular flexibility index (Phi) is 6.05. The number of benzene rings is 1. The summed E-state index contributed by atoms with van der Waals surface area (Å²) in [4.78, 5) is 19.3. The number of amides is 1. The second-order valence-corrected chi connectivity index (χ2v) is 6.97. The summed E-state index contributed by atoms with van der Waals surface area (Å²) in [6, 6.07) is 9.33. The Morgan fingerprint density at radius 2 is 1.87 bits per heavy atom. The van der Waals surface area contributed by atoms with Crippen LogP contribution in [0.5, 0.6) is 0 Å². The molecule has 1 aromatic carbocycles. The quantitative estimate of drug-likeness (QED) is 0.835. The second-order valence-electron chi connectivity index (χ2n) is 6.97. The lowest BCUT2D eigenvalue weighted by Gasteiger charge is -2.43. The molecule has 0 aliphatic carbocycles. The minimum Gasteiger partial charge on any atom is -0.378 e. The molecule has 0 bridgehead atoms. The predicted octanol–water partition coefficient (Wildman–Crippen LogP) is 2.63. The molecule has 4 heteroatoms. The first-order valence-electron chi connectivity index (χ1n) is 8.72. The monoisotopic (exact) mass is 317 g/mol. The van der Waals surface area contributed by atoms with E-state index in [4.69, 9.17) is 0 Å². The van der Waals surface area contributed by atoms with Crippen molar-refractivity contribution >= 4 is 11.6 Å². The van der Waals surface area contributed by atoms with Crippen LogP contribution < -0.4 is 4.90 Å². The molecule has 128 valence electrons. The highest BCUT2D eigenvalue weighted by Crippen LogP contribution is 2.18. The van der Waals surface area contributed by atoms with Gasteiger partial charge in [0.25, 0.3) is 0 Å². The van der Waals surface area contributed by atoms with Crippen molar-refractivity contribution in [3.05, 3.63) is 29.8 Å². The molecule has 0 radical (unpaired) electrons. The van der Waals surface area contributed by atoms with Gasteiger partial charge in [-0.3, -0.25) is 9.69 Å². The minimum absolute atomic E-state index is 0.254. The van der Waals surface area contributed by atoms with Gasteiger partial charge in [0.2, 0.25) is 5.91 Å². The Balaban J connectivity index is 1.95. The van der Waals surface area contributed by atoms with Crippen LogP contribution in [0.1, 0.15) is 32.8 Å². The predicted molar refractivity (Wildman–Crippen MR) is 97.0 cm³/mol. The molecule has 0 aromatic heterocycles. The molecule has 1 unspecified atom stereocenters. The van der Waals surface area contributed by atoms with Crippen LogP contribution in [0.4, 0.5) is 5.69 Å². The van der Waals surface area contributed by atoms with Crippen LogP contribution in [-0.4, -0.2) is 61.5 Å². The summed E-state index contributed by atoms with van der Waals surface area (Å²) in [5.74, 6) is 0.254. The number of anilines is 1. The van der Waals surface area contributed by atoms with Gasteiger partial charge in [-0.25, -0.2) is 0 Å². The summed E-state index contributed by atoms with van der Waals surface area (Å²) in [7, 11) is 4.05. The van der Waals surface area contributed by atoms with Crippen molar-refractivity contribution in [2.75, 3.05) is 38.6 Å². The van der Waals surface area contributed by atoms with Crippen LogP contribution in [0.2, 0.25) is 0 Å². The van der Waals surface area contributed by atoms with Crippen molar-refractivity contribution in [3.63, 3.8) is 0 Å². The number of rotatable bonds is 5. The third-order valence-corrected chi connectivity index (χ3v) is 4.82. The summed E-state index contributed by atoms with van der Waals surface area (Å²) < 4.78 is 0. The molecule has 4 nitrogen and oxygen atoms in total. The van der Waals surface area contributed by atoms with Crippen LogP contribution in [0.15, 0.2) is 24.3 Å². The molecule has 1 fully saturated rings. The fraction of sp³-hybridized carbons (Fsp3) is 0.632. The highest BCUT2D eigenvalue weighted by Gasteiger charge is 2.29. The first-order chi connectivity index (χ1) is 10.9. The summed E-state index contributed by atoms with van der Waals surface area (Å²) in [5.41, 5.74) is 2.26. The zero-order chi connectivity index (χ0) is 17.0. The number of carbonyl (C=O) groups excluding carboxylic acids is 1. The Bertz CT molecular complexity index is 510. The van der Waals surface area contributed by atoms with Crippen molar-refractivity contribution in [2.45, 2.75) is 45.7 Å². The van der Waals surface area contributed by atoms with Crippen molar-refractivity contribution < 1.29 is 4.79 Å². The molecule has 1 aliphatic heterocycles. The molecule has 23 heavy (non-hydrogen) atoms. The zero-order valence-corrected chi connectivity index (χ0v) is 15.2. The van der Waals surface area contributed by atoms with Gasteiger partial charge in [0.15, 0.2) is 0 Å². The fourth-order valence-corrected chi connectivity index (χ4v) is 3.34. The van der Waals surface area contributed by atoms with Gasteiger partial charge in [-0.05, 0) is 38.0 Å². The SMILES string of the molecule is CCC1CN(C(=O)Cc2ccc(N(C)C)cc2)CCN1C(C)C. The Hall–Kier alpha value is -1.55. The Morgan fingerprint density at radius 3 is 2.39 bits per heavy atom. The fourth-order valence-electron chi connectivity index (χ4n) is 3.34. The van der Waals surface area contributed by atoms with E-state index in [2.05, 4.69) is 54.8 Å². The first-order valence-corrected chi connectivity index (χ1v) is 8.72. The van der Waals surface area contributed by atoms with Gasteiger partial charge in [0.05, 0.1) is 6.42 Å². The number of hydrogen-bond donors (Lipinski definition) is 0. The van der Waals surface area contributed by atoms with E-state index in [-0.39, 0.29) is 5.91 Å². The lowest BCUT2D eigenvalue weighted by Crippen LogP contribution is -2.56. The minimum atomic E-state index is 0.254. The standard InChI is InChI=1S/C19H31N3O/c1-6-17-14-21(11-12-22(17)15(2)3)19(23)13-16-7-9-18(10-8-16)20(4)5/h7-10,15,17H,6,11-14H2,1-5H3. The first kappa shape index (κ1) is 17.8. The number of nitrogens with zero attached hydrogens (tertiary/aromatic N) is 3. The normalized spacial score (nSPS) is 19.2. The average molecular weight is 317 g/mol. The molecule has 1 amide bonds. The Morgan fingerprint density at radius 1 is 1.22 bits per heavy atom. The molecule has 1 heterocycles. The van der Waals surface area contributed by atoms with Gasteiger partial charge in [-0.15, -0.1) is 0 Å². The Labute approximate surface area is 141 Å². The maximum absolute atomic E-state index is 12.6. The van der Waals surface area contributed by atoms with E-state index >= 15 is 0 Å². The zero-order valence-electron chi connectivity index (χ0n) is 15.2. The maximum Gasteiger partial charge on any atom is 0.227 e. The van der Waals surface area contributed by atoms with Crippen LogP contribution >= 0.6 is 0 Å². The lowest BCUT2D eigenvalue weighted by molar-refractivity contribution is -0.134. The number of piperazine rings is 1. The molecule has 1 atom stereocenters. The van der Waals surface area contributed by atoms with Gasteiger partial charge < -0.3 is 9.80 Å². The summed E-state index contributed by atoms with van der Waals surface area (Å²) in [6.07, 6.45) is 1.60. The van der Waals surface area contributed by atoms with Crippen LogP contribution in [0.3, 0.4) is 0 Å². The van der Waals surface area contributed by atoms with E-state index in [0.29, 0.717) is 18.5 Å². The third kappa shape index (κ3) is 4.47. The molecule has 1 aromatic rings. The third-order valence-electron chi connectivity index (χ3n) is 4.82. The van der Waals surface area contributed by atoms with E-state index in [9.17, 15) is 4.79 Å². The van der Waals surface area contributed by atoms with Crippen molar-refractivity contribution in [3.8, 4) is 0 Å². The molecule has 0 saturated carbocycles. The van der Waals surface area contributed by atoms with Gasteiger partial charge >= 0.3 is 0 Å². The molecule has 0 N–H and O–H groups in total. The van der Waals surface area contributed by atoms with Gasteiger partial charge in [-0.2, -0.15) is 0 Å². The molecule has 1 aliphatic rings. The average Bonchev–Trinajstić information content (AvgIpc) is 2.54. The maximum atomic E-state index is 12.6.